The molecule has 0 radical (unpaired) electrons. The van der Waals surface area contributed by atoms with Crippen molar-refractivity contribution in [3.8, 4) is 0 Å². The van der Waals surface area contributed by atoms with Gasteiger partial charge in [-0.25, -0.2) is 0 Å². The standard InChI is InChI=1S/C17H24N2O/c18-16(14-7-1-2-8-14)12-19-11-5-9-13-6-3-4-10-15(13)17(19)20/h3-4,6,10,14,16H,1-2,5,7-9,11-12,18H2. The third-order valence-corrected chi connectivity index (χ3v) is 4.85. The van der Waals surface area contributed by atoms with Crippen LogP contribution in [-0.4, -0.2) is 29.9 Å². The molecule has 2 N–H and O–H groups in total. The number of benzene rings is 1. The lowest BCUT2D eigenvalue weighted by Crippen LogP contribution is -2.44. The second-order valence-electron chi connectivity index (χ2n) is 6.22. The second-order valence-corrected chi connectivity index (χ2v) is 6.22. The molecule has 108 valence electrons. The summed E-state index contributed by atoms with van der Waals surface area (Å²) in [6.45, 7) is 1.56. The summed E-state index contributed by atoms with van der Waals surface area (Å²) in [5, 5.41) is 0. The number of carbonyl (C=O) groups is 1. The maximum Gasteiger partial charge on any atom is 0.254 e. The zero-order valence-corrected chi connectivity index (χ0v) is 12.1. The van der Waals surface area contributed by atoms with Gasteiger partial charge in [0.25, 0.3) is 5.91 Å². The van der Waals surface area contributed by atoms with Crippen molar-refractivity contribution >= 4 is 5.91 Å². The van der Waals surface area contributed by atoms with Gasteiger partial charge in [-0.3, -0.25) is 4.79 Å². The first-order valence-electron chi connectivity index (χ1n) is 7.88. The summed E-state index contributed by atoms with van der Waals surface area (Å²) in [4.78, 5) is 14.6. The van der Waals surface area contributed by atoms with E-state index in [0.717, 1.165) is 31.5 Å². The van der Waals surface area contributed by atoms with Crippen molar-refractivity contribution in [2.75, 3.05) is 13.1 Å². The van der Waals surface area contributed by atoms with Crippen LogP contribution in [0.3, 0.4) is 0 Å². The van der Waals surface area contributed by atoms with Crippen LogP contribution in [0, 0.1) is 5.92 Å². The molecule has 3 nitrogen and oxygen atoms in total. The molecule has 0 spiro atoms. The number of fused-ring (bicyclic) bond motifs is 1. The van der Waals surface area contributed by atoms with E-state index < -0.39 is 0 Å². The van der Waals surface area contributed by atoms with Crippen LogP contribution < -0.4 is 5.73 Å². The van der Waals surface area contributed by atoms with E-state index in [-0.39, 0.29) is 11.9 Å². The van der Waals surface area contributed by atoms with Gasteiger partial charge in [0.2, 0.25) is 0 Å². The van der Waals surface area contributed by atoms with Crippen LogP contribution >= 0.6 is 0 Å². The van der Waals surface area contributed by atoms with Crippen LogP contribution in [0.2, 0.25) is 0 Å². The Morgan fingerprint density at radius 2 is 1.95 bits per heavy atom. The summed E-state index contributed by atoms with van der Waals surface area (Å²) < 4.78 is 0. The van der Waals surface area contributed by atoms with Crippen LogP contribution in [0.25, 0.3) is 0 Å². The van der Waals surface area contributed by atoms with Gasteiger partial charge >= 0.3 is 0 Å². The fourth-order valence-corrected chi connectivity index (χ4v) is 3.64. The number of hydrogen-bond acceptors (Lipinski definition) is 2. The van der Waals surface area contributed by atoms with E-state index in [1.165, 1.54) is 31.2 Å². The van der Waals surface area contributed by atoms with Crippen molar-refractivity contribution < 1.29 is 4.79 Å². The molecule has 3 rings (SSSR count). The van der Waals surface area contributed by atoms with Crippen molar-refractivity contribution in [3.63, 3.8) is 0 Å². The quantitative estimate of drug-likeness (QED) is 0.919. The van der Waals surface area contributed by atoms with E-state index in [1.54, 1.807) is 0 Å². The number of nitrogens with zero attached hydrogens (tertiary/aromatic N) is 1. The molecule has 1 unspecified atom stereocenters. The van der Waals surface area contributed by atoms with Crippen LogP contribution in [0.4, 0.5) is 0 Å². The molecule has 1 saturated carbocycles. The largest absolute Gasteiger partial charge is 0.337 e. The van der Waals surface area contributed by atoms with Gasteiger partial charge in [-0.05, 0) is 43.2 Å². The van der Waals surface area contributed by atoms with Gasteiger partial charge < -0.3 is 10.6 Å². The van der Waals surface area contributed by atoms with Gasteiger partial charge in [-0.1, -0.05) is 31.0 Å². The van der Waals surface area contributed by atoms with Crippen molar-refractivity contribution in [1.29, 1.82) is 0 Å². The van der Waals surface area contributed by atoms with E-state index in [9.17, 15) is 4.79 Å². The molecular weight excluding hydrogens is 248 g/mol. The Morgan fingerprint density at radius 3 is 2.75 bits per heavy atom. The lowest BCUT2D eigenvalue weighted by atomic mass is 9.98. The normalized spacial score (nSPS) is 21.6. The molecule has 3 heteroatoms. The first-order valence-corrected chi connectivity index (χ1v) is 7.88. The molecule has 0 aromatic heterocycles. The molecule has 20 heavy (non-hydrogen) atoms. The Labute approximate surface area is 121 Å². The van der Waals surface area contributed by atoms with Crippen LogP contribution in [0.1, 0.15) is 48.0 Å². The topological polar surface area (TPSA) is 46.3 Å². The van der Waals surface area contributed by atoms with E-state index in [2.05, 4.69) is 6.07 Å². The highest BCUT2D eigenvalue weighted by molar-refractivity contribution is 5.96. The summed E-state index contributed by atoms with van der Waals surface area (Å²) in [6.07, 6.45) is 7.11. The van der Waals surface area contributed by atoms with Crippen LogP contribution in [0.15, 0.2) is 24.3 Å². The molecular formula is C17H24N2O. The fourth-order valence-electron chi connectivity index (χ4n) is 3.64. The molecule has 1 aromatic rings. The molecule has 1 aromatic carbocycles. The molecule has 1 aliphatic carbocycles. The third kappa shape index (κ3) is 2.73. The first-order chi connectivity index (χ1) is 9.75. The molecule has 0 bridgehead atoms. The number of rotatable bonds is 3. The highest BCUT2D eigenvalue weighted by atomic mass is 16.2. The summed E-state index contributed by atoms with van der Waals surface area (Å²) in [5.74, 6) is 0.785. The Bertz CT molecular complexity index is 480. The van der Waals surface area contributed by atoms with Crippen molar-refractivity contribution in [1.82, 2.24) is 4.90 Å². The van der Waals surface area contributed by atoms with Crippen molar-refractivity contribution in [2.24, 2.45) is 11.7 Å². The number of nitrogens with two attached hydrogens (primary N) is 1. The third-order valence-electron chi connectivity index (χ3n) is 4.85. The second kappa shape index (κ2) is 5.96. The zero-order chi connectivity index (χ0) is 13.9. The van der Waals surface area contributed by atoms with Gasteiger partial charge in [0.05, 0.1) is 0 Å². The lowest BCUT2D eigenvalue weighted by Gasteiger charge is -2.27. The Hall–Kier alpha value is -1.35. The van der Waals surface area contributed by atoms with E-state index in [4.69, 9.17) is 5.73 Å². The highest BCUT2D eigenvalue weighted by Gasteiger charge is 2.27. The minimum atomic E-state index is 0.145. The fraction of sp³-hybridized carbons (Fsp3) is 0.588. The summed E-state index contributed by atoms with van der Waals surface area (Å²) in [5.41, 5.74) is 8.42. The van der Waals surface area contributed by atoms with Crippen LogP contribution in [0.5, 0.6) is 0 Å². The number of carbonyl (C=O) groups excluding carboxylic acids is 1. The minimum Gasteiger partial charge on any atom is -0.337 e. The SMILES string of the molecule is NC(CN1CCCc2ccccc2C1=O)C1CCCC1. The maximum absolute atomic E-state index is 12.7. The number of amides is 1. The molecule has 0 saturated heterocycles. The first kappa shape index (κ1) is 13.6. The zero-order valence-electron chi connectivity index (χ0n) is 12.1. The number of aryl methyl sites for hydroxylation is 1. The van der Waals surface area contributed by atoms with Gasteiger partial charge in [-0.2, -0.15) is 0 Å². The monoisotopic (exact) mass is 272 g/mol. The highest BCUT2D eigenvalue weighted by Crippen LogP contribution is 2.28. The summed E-state index contributed by atoms with van der Waals surface area (Å²) in [7, 11) is 0. The Morgan fingerprint density at radius 1 is 1.20 bits per heavy atom. The van der Waals surface area contributed by atoms with Crippen molar-refractivity contribution in [3.05, 3.63) is 35.4 Å². The number of hydrogen-bond donors (Lipinski definition) is 1. The lowest BCUT2D eigenvalue weighted by molar-refractivity contribution is 0.0740. The van der Waals surface area contributed by atoms with Gasteiger partial charge in [0, 0.05) is 24.7 Å². The molecule has 1 amide bonds. The molecule has 1 atom stereocenters. The van der Waals surface area contributed by atoms with Crippen molar-refractivity contribution in [2.45, 2.75) is 44.6 Å². The molecule has 2 aliphatic rings. The summed E-state index contributed by atoms with van der Waals surface area (Å²) >= 11 is 0. The Kier molecular flexibility index (Phi) is 4.06. The van der Waals surface area contributed by atoms with Gasteiger partial charge in [0.1, 0.15) is 0 Å². The molecule has 1 aliphatic heterocycles. The predicted octanol–water partition coefficient (Wildman–Crippen LogP) is 2.59. The van der Waals surface area contributed by atoms with E-state index in [1.807, 2.05) is 23.1 Å². The maximum atomic E-state index is 12.7. The molecule has 1 heterocycles. The Balaban J connectivity index is 1.72. The van der Waals surface area contributed by atoms with Gasteiger partial charge in [-0.15, -0.1) is 0 Å². The smallest absolute Gasteiger partial charge is 0.254 e. The summed E-state index contributed by atoms with van der Waals surface area (Å²) in [6, 6.07) is 8.15. The molecule has 1 fully saturated rings. The average molecular weight is 272 g/mol. The van der Waals surface area contributed by atoms with E-state index >= 15 is 0 Å². The minimum absolute atomic E-state index is 0.145. The van der Waals surface area contributed by atoms with Gasteiger partial charge in [0.15, 0.2) is 0 Å². The van der Waals surface area contributed by atoms with Crippen LogP contribution in [-0.2, 0) is 6.42 Å². The van der Waals surface area contributed by atoms with E-state index in [0.29, 0.717) is 5.92 Å². The average Bonchev–Trinajstić information content (AvgIpc) is 2.95. The predicted molar refractivity (Wildman–Crippen MR) is 80.6 cm³/mol.